The third kappa shape index (κ3) is 6.36. The van der Waals surface area contributed by atoms with E-state index in [0.717, 1.165) is 12.0 Å². The topological polar surface area (TPSA) is 45.6 Å². The highest BCUT2D eigenvalue weighted by Crippen LogP contribution is 2.25. The summed E-state index contributed by atoms with van der Waals surface area (Å²) in [7, 11) is 0. The van der Waals surface area contributed by atoms with Crippen LogP contribution in [0.4, 0.5) is 0 Å². The zero-order chi connectivity index (χ0) is 16.5. The number of hydrazone groups is 1. The molecule has 0 aromatic heterocycles. The van der Waals surface area contributed by atoms with Gasteiger partial charge in [0.2, 0.25) is 0 Å². The Morgan fingerprint density at radius 1 is 1.39 bits per heavy atom. The van der Waals surface area contributed by atoms with Gasteiger partial charge < -0.3 is 10.1 Å². The molecule has 2 rings (SSSR count). The SMILES string of the molecule is CCCOc1ccc(/C=N\NC(=S)NC2CCCCC2)cc1Cl. The minimum atomic E-state index is 0.475. The number of benzene rings is 1. The standard InChI is InChI=1S/C17H24ClN3OS/c1-2-10-22-16-9-8-13(11-15(16)18)12-19-21-17(23)20-14-6-4-3-5-7-14/h8-9,11-12,14H,2-7,10H2,1H3,(H2,20,21,23)/b19-12-. The lowest BCUT2D eigenvalue weighted by molar-refractivity contribution is 0.317. The van der Waals surface area contributed by atoms with E-state index in [1.807, 2.05) is 18.2 Å². The van der Waals surface area contributed by atoms with Gasteiger partial charge in [-0.2, -0.15) is 5.10 Å². The fourth-order valence-electron chi connectivity index (χ4n) is 2.56. The lowest BCUT2D eigenvalue weighted by atomic mass is 9.96. The van der Waals surface area contributed by atoms with E-state index >= 15 is 0 Å². The second-order valence-corrected chi connectivity index (χ2v) is 6.53. The predicted octanol–water partition coefficient (Wildman–Crippen LogP) is 4.26. The fraction of sp³-hybridized carbons (Fsp3) is 0.529. The van der Waals surface area contributed by atoms with Crippen LogP contribution in [0.1, 0.15) is 51.0 Å². The summed E-state index contributed by atoms with van der Waals surface area (Å²) in [6.07, 6.45) is 8.89. The maximum Gasteiger partial charge on any atom is 0.187 e. The van der Waals surface area contributed by atoms with Crippen LogP contribution in [-0.4, -0.2) is 24.0 Å². The zero-order valence-corrected chi connectivity index (χ0v) is 15.1. The van der Waals surface area contributed by atoms with Crippen LogP contribution in [0.2, 0.25) is 5.02 Å². The number of nitrogens with zero attached hydrogens (tertiary/aromatic N) is 1. The van der Waals surface area contributed by atoms with E-state index in [2.05, 4.69) is 22.8 Å². The van der Waals surface area contributed by atoms with E-state index in [-0.39, 0.29) is 0 Å². The number of thiocarbonyl (C=S) groups is 1. The van der Waals surface area contributed by atoms with Crippen molar-refractivity contribution in [3.8, 4) is 5.75 Å². The fourth-order valence-corrected chi connectivity index (χ4v) is 3.02. The van der Waals surface area contributed by atoms with Crippen LogP contribution in [-0.2, 0) is 0 Å². The quantitative estimate of drug-likeness (QED) is 0.455. The molecule has 0 radical (unpaired) electrons. The van der Waals surface area contributed by atoms with Crippen molar-refractivity contribution in [1.29, 1.82) is 0 Å². The minimum absolute atomic E-state index is 0.475. The van der Waals surface area contributed by atoms with Crippen molar-refractivity contribution >= 4 is 35.1 Å². The van der Waals surface area contributed by atoms with Crippen LogP contribution in [0, 0.1) is 0 Å². The summed E-state index contributed by atoms with van der Waals surface area (Å²) in [5.74, 6) is 0.702. The third-order valence-corrected chi connectivity index (χ3v) is 4.24. The molecular weight excluding hydrogens is 330 g/mol. The maximum atomic E-state index is 6.19. The van der Waals surface area contributed by atoms with Gasteiger partial charge in [-0.15, -0.1) is 0 Å². The Labute approximate surface area is 148 Å². The van der Waals surface area contributed by atoms with Gasteiger partial charge in [-0.05, 0) is 55.2 Å². The summed E-state index contributed by atoms with van der Waals surface area (Å²) in [5, 5.41) is 8.63. The first-order valence-corrected chi connectivity index (χ1v) is 8.99. The second-order valence-electron chi connectivity index (χ2n) is 5.72. The number of rotatable bonds is 6. The van der Waals surface area contributed by atoms with E-state index in [1.165, 1.54) is 32.1 Å². The largest absolute Gasteiger partial charge is 0.492 e. The molecule has 0 atom stereocenters. The Morgan fingerprint density at radius 3 is 2.87 bits per heavy atom. The Morgan fingerprint density at radius 2 is 2.17 bits per heavy atom. The van der Waals surface area contributed by atoms with Gasteiger partial charge in [-0.3, -0.25) is 5.43 Å². The molecular formula is C17H24ClN3OS. The Balaban J connectivity index is 1.80. The van der Waals surface area contributed by atoms with Crippen molar-refractivity contribution in [2.45, 2.75) is 51.5 Å². The molecule has 1 aromatic rings. The van der Waals surface area contributed by atoms with Crippen molar-refractivity contribution in [3.05, 3.63) is 28.8 Å². The molecule has 23 heavy (non-hydrogen) atoms. The van der Waals surface area contributed by atoms with Crippen molar-refractivity contribution in [3.63, 3.8) is 0 Å². The third-order valence-electron chi connectivity index (χ3n) is 3.74. The molecule has 0 aliphatic heterocycles. The van der Waals surface area contributed by atoms with Crippen LogP contribution < -0.4 is 15.5 Å². The van der Waals surface area contributed by atoms with Crippen LogP contribution in [0.15, 0.2) is 23.3 Å². The summed E-state index contributed by atoms with van der Waals surface area (Å²) in [5.41, 5.74) is 3.76. The summed E-state index contributed by atoms with van der Waals surface area (Å²) < 4.78 is 5.55. The molecule has 1 aliphatic rings. The smallest absolute Gasteiger partial charge is 0.187 e. The first-order valence-electron chi connectivity index (χ1n) is 8.21. The van der Waals surface area contributed by atoms with Crippen molar-refractivity contribution in [1.82, 2.24) is 10.7 Å². The van der Waals surface area contributed by atoms with Gasteiger partial charge in [-0.25, -0.2) is 0 Å². The lowest BCUT2D eigenvalue weighted by Gasteiger charge is -2.23. The molecule has 1 fully saturated rings. The van der Waals surface area contributed by atoms with Gasteiger partial charge >= 0.3 is 0 Å². The molecule has 4 nitrogen and oxygen atoms in total. The van der Waals surface area contributed by atoms with Gasteiger partial charge in [0.1, 0.15) is 5.75 Å². The number of hydrogen-bond donors (Lipinski definition) is 2. The summed E-state index contributed by atoms with van der Waals surface area (Å²) >= 11 is 11.5. The number of halogens is 1. The van der Waals surface area contributed by atoms with E-state index in [0.29, 0.717) is 28.5 Å². The molecule has 0 amide bonds. The second kappa shape index (κ2) is 9.73. The Bertz CT molecular complexity index is 545. The van der Waals surface area contributed by atoms with Gasteiger partial charge in [-0.1, -0.05) is 37.8 Å². The average Bonchev–Trinajstić information content (AvgIpc) is 2.55. The molecule has 0 spiro atoms. The predicted molar refractivity (Wildman–Crippen MR) is 101 cm³/mol. The molecule has 6 heteroatoms. The minimum Gasteiger partial charge on any atom is -0.492 e. The number of hydrogen-bond acceptors (Lipinski definition) is 3. The molecule has 1 aliphatic carbocycles. The monoisotopic (exact) mass is 353 g/mol. The van der Waals surface area contributed by atoms with Crippen LogP contribution in [0.5, 0.6) is 5.75 Å². The molecule has 0 saturated heterocycles. The zero-order valence-electron chi connectivity index (χ0n) is 13.5. The average molecular weight is 354 g/mol. The highest BCUT2D eigenvalue weighted by atomic mass is 35.5. The first kappa shape index (κ1) is 18.0. The Hall–Kier alpha value is -1.33. The highest BCUT2D eigenvalue weighted by Gasteiger charge is 2.13. The van der Waals surface area contributed by atoms with Crippen molar-refractivity contribution in [2.24, 2.45) is 5.10 Å². The van der Waals surface area contributed by atoms with Gasteiger partial charge in [0.05, 0.1) is 17.8 Å². The Kier molecular flexibility index (Phi) is 7.62. The van der Waals surface area contributed by atoms with E-state index in [1.54, 1.807) is 6.21 Å². The van der Waals surface area contributed by atoms with Gasteiger partial charge in [0, 0.05) is 6.04 Å². The number of nitrogens with one attached hydrogen (secondary N) is 2. The molecule has 126 valence electrons. The summed E-state index contributed by atoms with van der Waals surface area (Å²) in [6, 6.07) is 6.08. The summed E-state index contributed by atoms with van der Waals surface area (Å²) in [6.45, 7) is 2.72. The van der Waals surface area contributed by atoms with Gasteiger partial charge in [0.15, 0.2) is 5.11 Å². The molecule has 0 unspecified atom stereocenters. The first-order chi connectivity index (χ1) is 11.2. The number of ether oxygens (including phenoxy) is 1. The van der Waals surface area contributed by atoms with Crippen LogP contribution in [0.3, 0.4) is 0 Å². The van der Waals surface area contributed by atoms with Crippen LogP contribution in [0.25, 0.3) is 0 Å². The molecule has 0 heterocycles. The lowest BCUT2D eigenvalue weighted by Crippen LogP contribution is -2.40. The molecule has 1 aromatic carbocycles. The summed E-state index contributed by atoms with van der Waals surface area (Å²) in [4.78, 5) is 0. The van der Waals surface area contributed by atoms with Crippen molar-refractivity contribution < 1.29 is 4.74 Å². The molecule has 0 bridgehead atoms. The van der Waals surface area contributed by atoms with Gasteiger partial charge in [0.25, 0.3) is 0 Å². The maximum absolute atomic E-state index is 6.19. The highest BCUT2D eigenvalue weighted by molar-refractivity contribution is 7.80. The van der Waals surface area contributed by atoms with Crippen LogP contribution >= 0.6 is 23.8 Å². The van der Waals surface area contributed by atoms with Crippen molar-refractivity contribution in [2.75, 3.05) is 6.61 Å². The molecule has 1 saturated carbocycles. The van der Waals surface area contributed by atoms with E-state index in [9.17, 15) is 0 Å². The molecule has 2 N–H and O–H groups in total. The van der Waals surface area contributed by atoms with E-state index < -0.39 is 0 Å². The van der Waals surface area contributed by atoms with E-state index in [4.69, 9.17) is 28.6 Å². The normalized spacial score (nSPS) is 15.6.